The van der Waals surface area contributed by atoms with Gasteiger partial charge >= 0.3 is 12.0 Å². The number of nitrogens with one attached hydrogen (secondary N) is 1. The molecular weight excluding hydrogens is 256 g/mol. The third-order valence-corrected chi connectivity index (χ3v) is 3.98. The first kappa shape index (κ1) is 16.8. The van der Waals surface area contributed by atoms with Gasteiger partial charge in [0.2, 0.25) is 0 Å². The van der Waals surface area contributed by atoms with Crippen LogP contribution in [0.1, 0.15) is 59.8 Å². The number of hydrogen-bond donors (Lipinski definition) is 2. The van der Waals surface area contributed by atoms with Crippen LogP contribution in [-0.4, -0.2) is 40.6 Å². The Hall–Kier alpha value is -1.26. The predicted octanol–water partition coefficient (Wildman–Crippen LogP) is 2.85. The zero-order valence-electron chi connectivity index (χ0n) is 13.1. The van der Waals surface area contributed by atoms with Crippen LogP contribution in [0.3, 0.4) is 0 Å². The van der Waals surface area contributed by atoms with Crippen molar-refractivity contribution in [1.82, 2.24) is 10.2 Å². The third kappa shape index (κ3) is 5.39. The van der Waals surface area contributed by atoms with Gasteiger partial charge < -0.3 is 15.3 Å². The summed E-state index contributed by atoms with van der Waals surface area (Å²) >= 11 is 0. The van der Waals surface area contributed by atoms with Gasteiger partial charge in [0.25, 0.3) is 0 Å². The molecule has 5 nitrogen and oxygen atoms in total. The highest BCUT2D eigenvalue weighted by Crippen LogP contribution is 2.35. The Morgan fingerprint density at radius 1 is 1.40 bits per heavy atom. The molecule has 1 atom stereocenters. The molecule has 20 heavy (non-hydrogen) atoms. The van der Waals surface area contributed by atoms with Crippen molar-refractivity contribution >= 4 is 12.0 Å². The van der Waals surface area contributed by atoms with Crippen LogP contribution in [0.15, 0.2) is 0 Å². The largest absolute Gasteiger partial charge is 0.481 e. The van der Waals surface area contributed by atoms with Crippen LogP contribution in [0.25, 0.3) is 0 Å². The average molecular weight is 284 g/mol. The monoisotopic (exact) mass is 284 g/mol. The molecule has 0 aliphatic heterocycles. The number of aliphatic carboxylic acids is 1. The first-order valence-electron chi connectivity index (χ1n) is 7.50. The molecule has 0 radical (unpaired) electrons. The molecule has 0 saturated heterocycles. The highest BCUT2D eigenvalue weighted by molar-refractivity contribution is 5.76. The van der Waals surface area contributed by atoms with Crippen molar-refractivity contribution < 1.29 is 14.7 Å². The minimum atomic E-state index is -0.873. The molecule has 1 rings (SSSR count). The van der Waals surface area contributed by atoms with Crippen LogP contribution in [0.5, 0.6) is 0 Å². The molecule has 0 spiro atoms. The lowest BCUT2D eigenvalue weighted by atomic mass is 9.75. The van der Waals surface area contributed by atoms with Gasteiger partial charge in [-0.05, 0) is 38.5 Å². The molecule has 1 aliphatic rings. The van der Waals surface area contributed by atoms with E-state index in [2.05, 4.69) is 19.2 Å². The Balaban J connectivity index is 2.55. The van der Waals surface area contributed by atoms with E-state index < -0.39 is 5.97 Å². The van der Waals surface area contributed by atoms with E-state index in [-0.39, 0.29) is 36.5 Å². The van der Waals surface area contributed by atoms with Gasteiger partial charge in [-0.15, -0.1) is 0 Å². The van der Waals surface area contributed by atoms with Gasteiger partial charge in [-0.1, -0.05) is 20.3 Å². The number of hydrogen-bond acceptors (Lipinski definition) is 2. The maximum absolute atomic E-state index is 12.3. The molecule has 0 aromatic carbocycles. The van der Waals surface area contributed by atoms with E-state index in [1.807, 2.05) is 13.8 Å². The number of carbonyl (C=O) groups excluding carboxylic acids is 1. The number of carboxylic acids is 1. The molecule has 2 amide bonds. The second kappa shape index (κ2) is 6.95. The van der Waals surface area contributed by atoms with Crippen molar-refractivity contribution in [2.75, 3.05) is 6.54 Å². The summed E-state index contributed by atoms with van der Waals surface area (Å²) in [6, 6.07) is 0.0761. The van der Waals surface area contributed by atoms with Crippen molar-refractivity contribution in [3.8, 4) is 0 Å². The highest BCUT2D eigenvalue weighted by atomic mass is 16.4. The van der Waals surface area contributed by atoms with Crippen molar-refractivity contribution in [2.45, 2.75) is 71.9 Å². The Labute approximate surface area is 121 Å². The fourth-order valence-corrected chi connectivity index (χ4v) is 2.89. The average Bonchev–Trinajstić information content (AvgIpc) is 2.26. The van der Waals surface area contributed by atoms with Crippen molar-refractivity contribution in [3.63, 3.8) is 0 Å². The Kier molecular flexibility index (Phi) is 5.84. The molecular formula is C15H28N2O3. The topological polar surface area (TPSA) is 69.6 Å². The maximum atomic E-state index is 12.3. The Morgan fingerprint density at radius 3 is 2.55 bits per heavy atom. The van der Waals surface area contributed by atoms with Crippen LogP contribution >= 0.6 is 0 Å². The molecule has 5 heteroatoms. The maximum Gasteiger partial charge on any atom is 0.317 e. The fraction of sp³-hybridized carbons (Fsp3) is 0.867. The van der Waals surface area contributed by atoms with Crippen LogP contribution in [0.2, 0.25) is 0 Å². The Bertz CT molecular complexity index is 353. The summed E-state index contributed by atoms with van der Waals surface area (Å²) in [5.74, 6) is -0.873. The quantitative estimate of drug-likeness (QED) is 0.815. The summed E-state index contributed by atoms with van der Waals surface area (Å²) in [5.41, 5.74) is 0.278. The normalized spacial score (nSPS) is 21.6. The van der Waals surface area contributed by atoms with Crippen molar-refractivity contribution in [2.24, 2.45) is 5.41 Å². The second-order valence-corrected chi connectivity index (χ2v) is 6.84. The van der Waals surface area contributed by atoms with Gasteiger partial charge in [0, 0.05) is 18.6 Å². The van der Waals surface area contributed by atoms with Gasteiger partial charge in [0.15, 0.2) is 0 Å². The minimum Gasteiger partial charge on any atom is -0.481 e. The van der Waals surface area contributed by atoms with E-state index in [1.165, 1.54) is 6.42 Å². The zero-order valence-corrected chi connectivity index (χ0v) is 13.1. The Morgan fingerprint density at radius 2 is 2.05 bits per heavy atom. The van der Waals surface area contributed by atoms with Crippen LogP contribution in [-0.2, 0) is 4.79 Å². The fourth-order valence-electron chi connectivity index (χ4n) is 2.89. The lowest BCUT2D eigenvalue weighted by Gasteiger charge is -2.37. The zero-order chi connectivity index (χ0) is 15.3. The lowest BCUT2D eigenvalue weighted by Crippen LogP contribution is -2.50. The molecule has 1 saturated carbocycles. The number of nitrogens with zero attached hydrogens (tertiary/aromatic N) is 1. The molecule has 116 valence electrons. The third-order valence-electron chi connectivity index (χ3n) is 3.98. The van der Waals surface area contributed by atoms with Crippen LogP contribution in [0, 0.1) is 5.41 Å². The summed E-state index contributed by atoms with van der Waals surface area (Å²) in [6.45, 7) is 8.54. The number of amides is 2. The summed E-state index contributed by atoms with van der Waals surface area (Å²) in [7, 11) is 0. The van der Waals surface area contributed by atoms with Gasteiger partial charge in [0.05, 0.1) is 6.42 Å². The van der Waals surface area contributed by atoms with E-state index >= 15 is 0 Å². The SMILES string of the molecule is CC(C)N(CCC(=O)O)C(=O)NC1CCCC(C)(C)C1. The summed E-state index contributed by atoms with van der Waals surface area (Å²) < 4.78 is 0. The molecule has 1 fully saturated rings. The number of urea groups is 1. The molecule has 2 N–H and O–H groups in total. The predicted molar refractivity (Wildman–Crippen MR) is 78.7 cm³/mol. The summed E-state index contributed by atoms with van der Waals surface area (Å²) in [4.78, 5) is 24.6. The first-order chi connectivity index (χ1) is 9.21. The summed E-state index contributed by atoms with van der Waals surface area (Å²) in [5, 5.41) is 11.8. The smallest absolute Gasteiger partial charge is 0.317 e. The van der Waals surface area contributed by atoms with Crippen molar-refractivity contribution in [3.05, 3.63) is 0 Å². The molecule has 0 aromatic heterocycles. The van der Waals surface area contributed by atoms with E-state index in [0.717, 1.165) is 19.3 Å². The lowest BCUT2D eigenvalue weighted by molar-refractivity contribution is -0.137. The molecule has 0 aromatic rings. The molecule has 0 bridgehead atoms. The van der Waals surface area contributed by atoms with E-state index in [9.17, 15) is 9.59 Å². The molecule has 0 heterocycles. The van der Waals surface area contributed by atoms with Gasteiger partial charge in [-0.3, -0.25) is 4.79 Å². The van der Waals surface area contributed by atoms with Crippen LogP contribution in [0.4, 0.5) is 4.79 Å². The van der Waals surface area contributed by atoms with Gasteiger partial charge in [0.1, 0.15) is 0 Å². The van der Waals surface area contributed by atoms with Crippen molar-refractivity contribution in [1.29, 1.82) is 0 Å². The molecule has 1 aliphatic carbocycles. The standard InChI is InChI=1S/C15H28N2O3/c1-11(2)17(9-7-13(18)19)14(20)16-12-6-5-8-15(3,4)10-12/h11-12H,5-10H2,1-4H3,(H,16,20)(H,18,19). The number of carbonyl (C=O) groups is 2. The second-order valence-electron chi connectivity index (χ2n) is 6.84. The van der Waals surface area contributed by atoms with Crippen LogP contribution < -0.4 is 5.32 Å². The first-order valence-corrected chi connectivity index (χ1v) is 7.50. The highest BCUT2D eigenvalue weighted by Gasteiger charge is 2.30. The van der Waals surface area contributed by atoms with E-state index in [0.29, 0.717) is 0 Å². The van der Waals surface area contributed by atoms with Gasteiger partial charge in [-0.2, -0.15) is 0 Å². The summed E-state index contributed by atoms with van der Waals surface area (Å²) in [6.07, 6.45) is 4.33. The number of rotatable bonds is 5. The molecule has 1 unspecified atom stereocenters. The minimum absolute atomic E-state index is 0.00551. The van der Waals surface area contributed by atoms with Gasteiger partial charge in [-0.25, -0.2) is 4.79 Å². The van der Waals surface area contributed by atoms with E-state index in [4.69, 9.17) is 5.11 Å². The van der Waals surface area contributed by atoms with E-state index in [1.54, 1.807) is 4.90 Å². The number of carboxylic acid groups (broad SMARTS) is 1.